The Morgan fingerprint density at radius 1 is 1.14 bits per heavy atom. The van der Waals surface area contributed by atoms with Crippen molar-refractivity contribution in [2.75, 3.05) is 7.11 Å². The molecule has 0 bridgehead atoms. The average Bonchev–Trinajstić information content (AvgIpc) is 3.02. The Morgan fingerprint density at radius 2 is 1.93 bits per heavy atom. The van der Waals surface area contributed by atoms with Crippen molar-refractivity contribution in [2.24, 2.45) is 0 Å². The molecule has 0 spiro atoms. The fraction of sp³-hybridized carbons (Fsp3) is 0.571. The minimum atomic E-state index is -0.560. The Labute approximate surface area is 164 Å². The van der Waals surface area contributed by atoms with E-state index in [1.807, 2.05) is 12.1 Å². The maximum atomic E-state index is 12.7. The molecule has 7 nitrogen and oxygen atoms in total. The van der Waals surface area contributed by atoms with Gasteiger partial charge in [-0.15, -0.1) is 0 Å². The van der Waals surface area contributed by atoms with Gasteiger partial charge in [0.25, 0.3) is 5.91 Å². The summed E-state index contributed by atoms with van der Waals surface area (Å²) in [6, 6.07) is 5.85. The molecular weight excluding hydrogens is 358 g/mol. The molecule has 1 aromatic carbocycles. The van der Waals surface area contributed by atoms with Crippen LogP contribution in [-0.4, -0.2) is 47.9 Å². The van der Waals surface area contributed by atoms with Crippen LogP contribution in [0.1, 0.15) is 60.0 Å². The van der Waals surface area contributed by atoms with Crippen LogP contribution >= 0.6 is 0 Å². The van der Waals surface area contributed by atoms with Gasteiger partial charge in [0.1, 0.15) is 6.04 Å². The first-order valence-electron chi connectivity index (χ1n) is 10.1. The topological polar surface area (TPSA) is 87.7 Å². The molecule has 28 heavy (non-hydrogen) atoms. The third-order valence-corrected chi connectivity index (χ3v) is 6.19. The highest BCUT2D eigenvalue weighted by Crippen LogP contribution is 2.28. The Balaban J connectivity index is 1.37. The van der Waals surface area contributed by atoms with Crippen LogP contribution in [0.3, 0.4) is 0 Å². The largest absolute Gasteiger partial charge is 0.381 e. The van der Waals surface area contributed by atoms with E-state index in [1.54, 1.807) is 12.0 Å². The number of hydrogen-bond acceptors (Lipinski definition) is 5. The van der Waals surface area contributed by atoms with E-state index in [4.69, 9.17) is 4.74 Å². The lowest BCUT2D eigenvalue weighted by atomic mass is 9.93. The fourth-order valence-electron chi connectivity index (χ4n) is 4.50. The van der Waals surface area contributed by atoms with Gasteiger partial charge in [0.15, 0.2) is 0 Å². The monoisotopic (exact) mass is 385 g/mol. The third kappa shape index (κ3) is 3.82. The number of fused-ring (bicyclic) bond motifs is 1. The van der Waals surface area contributed by atoms with Crippen LogP contribution in [0.15, 0.2) is 18.2 Å². The van der Waals surface area contributed by atoms with Gasteiger partial charge >= 0.3 is 0 Å². The molecule has 2 heterocycles. The molecule has 2 fully saturated rings. The SMILES string of the molecule is CO[C@H]1CC[C@@H](NCc2ccc3c(c2)CN(C2CCC(=O)NC2=O)C3=O)CC1. The second kappa shape index (κ2) is 8.01. The maximum absolute atomic E-state index is 12.7. The summed E-state index contributed by atoms with van der Waals surface area (Å²) in [5.41, 5.74) is 2.76. The van der Waals surface area contributed by atoms with E-state index in [0.717, 1.165) is 43.4 Å². The van der Waals surface area contributed by atoms with Gasteiger partial charge < -0.3 is 15.0 Å². The highest BCUT2D eigenvalue weighted by Gasteiger charge is 2.39. The van der Waals surface area contributed by atoms with E-state index in [1.165, 1.54) is 0 Å². The van der Waals surface area contributed by atoms with Crippen molar-refractivity contribution in [3.63, 3.8) is 0 Å². The molecule has 1 saturated carbocycles. The number of methoxy groups -OCH3 is 1. The number of ether oxygens (including phenoxy) is 1. The first-order valence-corrected chi connectivity index (χ1v) is 10.1. The predicted octanol–water partition coefficient (Wildman–Crippen LogP) is 1.49. The van der Waals surface area contributed by atoms with E-state index in [0.29, 0.717) is 30.7 Å². The van der Waals surface area contributed by atoms with Crippen molar-refractivity contribution >= 4 is 17.7 Å². The van der Waals surface area contributed by atoms with Gasteiger partial charge in [-0.3, -0.25) is 19.7 Å². The Hall–Kier alpha value is -2.25. The van der Waals surface area contributed by atoms with Crippen molar-refractivity contribution in [3.8, 4) is 0 Å². The van der Waals surface area contributed by atoms with Crippen LogP contribution in [0, 0.1) is 0 Å². The number of rotatable bonds is 5. The van der Waals surface area contributed by atoms with Crippen LogP contribution in [0.4, 0.5) is 0 Å². The summed E-state index contributed by atoms with van der Waals surface area (Å²) in [5, 5.41) is 5.95. The number of amides is 3. The van der Waals surface area contributed by atoms with Crippen molar-refractivity contribution in [3.05, 3.63) is 34.9 Å². The summed E-state index contributed by atoms with van der Waals surface area (Å²) in [7, 11) is 1.78. The van der Waals surface area contributed by atoms with Gasteiger partial charge in [-0.05, 0) is 49.3 Å². The number of carbonyl (C=O) groups is 3. The van der Waals surface area contributed by atoms with E-state index < -0.39 is 6.04 Å². The van der Waals surface area contributed by atoms with Crippen molar-refractivity contribution in [1.82, 2.24) is 15.5 Å². The molecule has 3 amide bonds. The number of imide groups is 1. The first kappa shape index (κ1) is 19.1. The number of carbonyl (C=O) groups excluding carboxylic acids is 3. The number of nitrogens with one attached hydrogen (secondary N) is 2. The molecule has 1 aromatic rings. The van der Waals surface area contributed by atoms with Crippen molar-refractivity contribution in [2.45, 2.75) is 69.8 Å². The minimum Gasteiger partial charge on any atom is -0.381 e. The molecule has 0 aromatic heterocycles. The summed E-state index contributed by atoms with van der Waals surface area (Å²) < 4.78 is 5.42. The summed E-state index contributed by atoms with van der Waals surface area (Å²) in [6.45, 7) is 1.19. The molecule has 4 rings (SSSR count). The molecule has 0 radical (unpaired) electrons. The fourth-order valence-corrected chi connectivity index (χ4v) is 4.50. The lowest BCUT2D eigenvalue weighted by molar-refractivity contribution is -0.136. The zero-order valence-electron chi connectivity index (χ0n) is 16.2. The maximum Gasteiger partial charge on any atom is 0.255 e. The Kier molecular flexibility index (Phi) is 5.46. The van der Waals surface area contributed by atoms with Gasteiger partial charge in [0, 0.05) is 38.2 Å². The minimum absolute atomic E-state index is 0.123. The summed E-state index contributed by atoms with van der Waals surface area (Å²) in [4.78, 5) is 37.8. The lowest BCUT2D eigenvalue weighted by Crippen LogP contribution is -2.52. The number of hydrogen-bond donors (Lipinski definition) is 2. The van der Waals surface area contributed by atoms with E-state index >= 15 is 0 Å². The molecule has 150 valence electrons. The van der Waals surface area contributed by atoms with Crippen molar-refractivity contribution in [1.29, 1.82) is 0 Å². The van der Waals surface area contributed by atoms with Crippen LogP contribution in [0.2, 0.25) is 0 Å². The summed E-state index contributed by atoms with van der Waals surface area (Å²) in [5.74, 6) is -0.758. The number of benzene rings is 1. The normalized spacial score (nSPS) is 27.7. The molecule has 2 aliphatic heterocycles. The van der Waals surface area contributed by atoms with Crippen LogP contribution in [-0.2, 0) is 27.4 Å². The molecular formula is C21H27N3O4. The number of nitrogens with zero attached hydrogens (tertiary/aromatic N) is 1. The molecule has 2 N–H and O–H groups in total. The highest BCUT2D eigenvalue weighted by molar-refractivity contribution is 6.05. The third-order valence-electron chi connectivity index (χ3n) is 6.19. The molecule has 1 unspecified atom stereocenters. The Morgan fingerprint density at radius 3 is 2.64 bits per heavy atom. The molecule has 3 aliphatic rings. The Bertz CT molecular complexity index is 786. The van der Waals surface area contributed by atoms with Gasteiger partial charge in [-0.25, -0.2) is 0 Å². The second-order valence-corrected chi connectivity index (χ2v) is 7.98. The van der Waals surface area contributed by atoms with Crippen LogP contribution in [0.5, 0.6) is 0 Å². The molecule has 1 saturated heterocycles. The van der Waals surface area contributed by atoms with Crippen molar-refractivity contribution < 1.29 is 19.1 Å². The predicted molar refractivity (Wildman–Crippen MR) is 102 cm³/mol. The summed E-state index contributed by atoms with van der Waals surface area (Å²) >= 11 is 0. The quantitative estimate of drug-likeness (QED) is 0.750. The standard InChI is InChI=1S/C21H27N3O4/c1-28-16-5-3-15(4-6-16)22-11-13-2-7-17-14(10-13)12-24(21(17)27)18-8-9-19(25)23-20(18)26/h2,7,10,15-16,18,22H,3-6,8-9,11-12H2,1H3,(H,23,25,26)/t15-,16+,18?. The van der Waals surface area contributed by atoms with Crippen LogP contribution in [0.25, 0.3) is 0 Å². The average molecular weight is 385 g/mol. The van der Waals surface area contributed by atoms with Gasteiger partial charge in [0.2, 0.25) is 11.8 Å². The van der Waals surface area contributed by atoms with E-state index in [-0.39, 0.29) is 24.1 Å². The van der Waals surface area contributed by atoms with Crippen LogP contribution < -0.4 is 10.6 Å². The summed E-state index contributed by atoms with van der Waals surface area (Å²) in [6.07, 6.45) is 5.47. The second-order valence-electron chi connectivity index (χ2n) is 7.98. The molecule has 1 atom stereocenters. The first-order chi connectivity index (χ1) is 13.5. The highest BCUT2D eigenvalue weighted by atomic mass is 16.5. The zero-order valence-corrected chi connectivity index (χ0v) is 16.2. The van der Waals surface area contributed by atoms with Gasteiger partial charge in [0.05, 0.1) is 6.10 Å². The molecule has 7 heteroatoms. The van der Waals surface area contributed by atoms with Gasteiger partial charge in [-0.1, -0.05) is 12.1 Å². The van der Waals surface area contributed by atoms with E-state index in [2.05, 4.69) is 16.7 Å². The zero-order chi connectivity index (χ0) is 19.7. The smallest absolute Gasteiger partial charge is 0.255 e. The lowest BCUT2D eigenvalue weighted by Gasteiger charge is -2.29. The molecule has 1 aliphatic carbocycles. The van der Waals surface area contributed by atoms with E-state index in [9.17, 15) is 14.4 Å². The number of piperidine rings is 1. The van der Waals surface area contributed by atoms with Gasteiger partial charge in [-0.2, -0.15) is 0 Å².